The van der Waals surface area contributed by atoms with E-state index in [1.807, 2.05) is 41.3 Å². The molecule has 0 saturated heterocycles. The monoisotopic (exact) mass is 471 g/mol. The molecule has 170 valence electrons. The van der Waals surface area contributed by atoms with Crippen LogP contribution in [0, 0.1) is 10.1 Å². The zero-order valence-corrected chi connectivity index (χ0v) is 19.2. The van der Waals surface area contributed by atoms with Crippen molar-refractivity contribution in [3.05, 3.63) is 94.0 Å². The fraction of sp³-hybridized carbons (Fsp3) is 0.160. The van der Waals surface area contributed by atoms with Gasteiger partial charge in [0.15, 0.2) is 11.0 Å². The van der Waals surface area contributed by atoms with Crippen LogP contribution in [0.2, 0.25) is 0 Å². The minimum Gasteiger partial charge on any atom is -0.305 e. The maximum atomic E-state index is 13.5. The first-order valence-electron chi connectivity index (χ1n) is 10.8. The lowest BCUT2D eigenvalue weighted by molar-refractivity contribution is -0.384. The Morgan fingerprint density at radius 1 is 0.971 bits per heavy atom. The number of nitro benzene ring substituents is 1. The van der Waals surface area contributed by atoms with Crippen LogP contribution in [-0.2, 0) is 24.7 Å². The summed E-state index contributed by atoms with van der Waals surface area (Å²) in [4.78, 5) is 26.0. The number of fused-ring (bicyclic) bond motifs is 2. The molecule has 5 rings (SSSR count). The quantitative estimate of drug-likeness (QED) is 0.232. The summed E-state index contributed by atoms with van der Waals surface area (Å²) in [5.41, 5.74) is 4.69. The van der Waals surface area contributed by atoms with Crippen molar-refractivity contribution in [2.24, 2.45) is 7.05 Å². The normalized spacial score (nSPS) is 12.6. The van der Waals surface area contributed by atoms with Crippen LogP contribution in [0.5, 0.6) is 0 Å². The second-order valence-corrected chi connectivity index (χ2v) is 8.89. The molecular formula is C25H21N5O3S. The van der Waals surface area contributed by atoms with Gasteiger partial charge in [-0.05, 0) is 36.1 Å². The molecule has 0 atom stereocenters. The number of aryl methyl sites for hydroxylation is 2. The number of benzene rings is 3. The van der Waals surface area contributed by atoms with Gasteiger partial charge in [0.1, 0.15) is 0 Å². The summed E-state index contributed by atoms with van der Waals surface area (Å²) < 4.78 is 1.75. The van der Waals surface area contributed by atoms with Crippen LogP contribution in [0.15, 0.2) is 78.0 Å². The lowest BCUT2D eigenvalue weighted by Gasteiger charge is -2.24. The Morgan fingerprint density at radius 3 is 2.26 bits per heavy atom. The molecule has 1 aliphatic rings. The van der Waals surface area contributed by atoms with Crippen LogP contribution in [-0.4, -0.2) is 31.3 Å². The molecule has 0 aliphatic carbocycles. The van der Waals surface area contributed by atoms with E-state index < -0.39 is 4.92 Å². The van der Waals surface area contributed by atoms with Crippen LogP contribution in [0.3, 0.4) is 0 Å². The van der Waals surface area contributed by atoms with E-state index in [1.54, 1.807) is 23.7 Å². The van der Waals surface area contributed by atoms with E-state index in [0.29, 0.717) is 16.5 Å². The van der Waals surface area contributed by atoms with Gasteiger partial charge in [-0.15, -0.1) is 10.2 Å². The number of amides is 1. The number of carbonyl (C=O) groups excluding carboxylic acids is 1. The molecule has 1 aliphatic heterocycles. The molecule has 0 bridgehead atoms. The number of rotatable bonds is 5. The number of hydrogen-bond donors (Lipinski definition) is 0. The Bertz CT molecular complexity index is 1350. The highest BCUT2D eigenvalue weighted by Crippen LogP contribution is 2.37. The lowest BCUT2D eigenvalue weighted by Crippen LogP contribution is -2.28. The van der Waals surface area contributed by atoms with Gasteiger partial charge in [-0.25, -0.2) is 0 Å². The van der Waals surface area contributed by atoms with Crippen molar-refractivity contribution < 1.29 is 9.72 Å². The van der Waals surface area contributed by atoms with Crippen molar-refractivity contribution in [3.8, 4) is 11.4 Å². The van der Waals surface area contributed by atoms with Crippen molar-refractivity contribution in [1.82, 2.24) is 14.8 Å². The van der Waals surface area contributed by atoms with Gasteiger partial charge in [0, 0.05) is 24.7 Å². The van der Waals surface area contributed by atoms with E-state index in [0.717, 1.165) is 35.3 Å². The van der Waals surface area contributed by atoms with Crippen LogP contribution >= 0.6 is 11.8 Å². The molecule has 34 heavy (non-hydrogen) atoms. The van der Waals surface area contributed by atoms with Gasteiger partial charge in [-0.1, -0.05) is 60.3 Å². The van der Waals surface area contributed by atoms with Crippen molar-refractivity contribution in [2.45, 2.75) is 18.0 Å². The number of thioether (sulfide) groups is 1. The maximum Gasteiger partial charge on any atom is 0.270 e. The molecule has 1 aromatic heterocycles. The Morgan fingerprint density at radius 2 is 1.62 bits per heavy atom. The highest BCUT2D eigenvalue weighted by Gasteiger charge is 2.26. The average Bonchev–Trinajstić information content (AvgIpc) is 3.13. The molecule has 0 fully saturated rings. The number of non-ortho nitro benzene ring substituents is 1. The highest BCUT2D eigenvalue weighted by atomic mass is 32.2. The van der Waals surface area contributed by atoms with Crippen molar-refractivity contribution in [1.29, 1.82) is 0 Å². The summed E-state index contributed by atoms with van der Waals surface area (Å²) in [5, 5.41) is 20.1. The Balaban J connectivity index is 1.41. The van der Waals surface area contributed by atoms with Crippen molar-refractivity contribution in [2.75, 3.05) is 10.7 Å². The second-order valence-electron chi connectivity index (χ2n) is 7.95. The van der Waals surface area contributed by atoms with Gasteiger partial charge in [-0.2, -0.15) is 0 Å². The molecule has 2 heterocycles. The maximum absolute atomic E-state index is 13.5. The van der Waals surface area contributed by atoms with E-state index in [1.165, 1.54) is 23.9 Å². The molecular weight excluding hydrogens is 450 g/mol. The van der Waals surface area contributed by atoms with E-state index in [4.69, 9.17) is 0 Å². The minimum atomic E-state index is -0.439. The molecule has 1 amide bonds. The van der Waals surface area contributed by atoms with E-state index in [9.17, 15) is 14.9 Å². The molecule has 0 unspecified atom stereocenters. The molecule has 0 saturated carbocycles. The number of anilines is 2. The number of aromatic nitrogens is 3. The largest absolute Gasteiger partial charge is 0.305 e. The van der Waals surface area contributed by atoms with Gasteiger partial charge in [0.25, 0.3) is 5.69 Å². The number of nitrogens with zero attached hydrogens (tertiary/aromatic N) is 5. The molecule has 9 heteroatoms. The smallest absolute Gasteiger partial charge is 0.270 e. The van der Waals surface area contributed by atoms with E-state index in [-0.39, 0.29) is 17.3 Å². The predicted molar refractivity (Wildman–Crippen MR) is 131 cm³/mol. The fourth-order valence-electron chi connectivity index (χ4n) is 4.19. The third-order valence-electron chi connectivity index (χ3n) is 5.85. The Kier molecular flexibility index (Phi) is 5.85. The first-order chi connectivity index (χ1) is 16.5. The van der Waals surface area contributed by atoms with Crippen LogP contribution in [0.25, 0.3) is 11.4 Å². The van der Waals surface area contributed by atoms with E-state index >= 15 is 0 Å². The number of carbonyl (C=O) groups is 1. The summed E-state index contributed by atoms with van der Waals surface area (Å²) in [6.07, 6.45) is 1.75. The summed E-state index contributed by atoms with van der Waals surface area (Å²) in [7, 11) is 1.79. The van der Waals surface area contributed by atoms with Gasteiger partial charge in [0.2, 0.25) is 5.91 Å². The number of nitro groups is 1. The topological polar surface area (TPSA) is 94.2 Å². The van der Waals surface area contributed by atoms with Gasteiger partial charge < -0.3 is 4.57 Å². The second kappa shape index (κ2) is 9.11. The summed E-state index contributed by atoms with van der Waals surface area (Å²) in [6.45, 7) is 0. The average molecular weight is 472 g/mol. The summed E-state index contributed by atoms with van der Waals surface area (Å²) >= 11 is 1.30. The molecule has 4 aromatic rings. The Labute approximate surface area is 200 Å². The first kappa shape index (κ1) is 21.8. The first-order valence-corrected chi connectivity index (χ1v) is 11.8. The Hall–Kier alpha value is -3.98. The third kappa shape index (κ3) is 4.06. The van der Waals surface area contributed by atoms with Gasteiger partial charge >= 0.3 is 0 Å². The van der Waals surface area contributed by atoms with Crippen LogP contribution < -0.4 is 4.90 Å². The predicted octanol–water partition coefficient (Wildman–Crippen LogP) is 4.95. The lowest BCUT2D eigenvalue weighted by atomic mass is 10.0. The molecule has 3 aromatic carbocycles. The highest BCUT2D eigenvalue weighted by molar-refractivity contribution is 7.99. The number of para-hydroxylation sites is 2. The fourth-order valence-corrected chi connectivity index (χ4v) is 4.95. The summed E-state index contributed by atoms with van der Waals surface area (Å²) in [6, 6.07) is 22.3. The molecule has 0 radical (unpaired) electrons. The SMILES string of the molecule is Cn1c(SCC(=O)N2c3ccccc3CCc3ccccc32)nnc1-c1cccc([N+](=O)[O-])c1. The minimum absolute atomic E-state index is 0.0108. The third-order valence-corrected chi connectivity index (χ3v) is 6.86. The number of hydrogen-bond acceptors (Lipinski definition) is 6. The van der Waals surface area contributed by atoms with Crippen molar-refractivity contribution >= 4 is 34.7 Å². The van der Waals surface area contributed by atoms with Crippen molar-refractivity contribution in [3.63, 3.8) is 0 Å². The summed E-state index contributed by atoms with van der Waals surface area (Å²) in [5.74, 6) is 0.625. The molecule has 0 spiro atoms. The zero-order chi connectivity index (χ0) is 23.7. The van der Waals surface area contributed by atoms with E-state index in [2.05, 4.69) is 22.3 Å². The van der Waals surface area contributed by atoms with Gasteiger partial charge in [-0.3, -0.25) is 19.8 Å². The standard InChI is InChI=1S/C25H21N5O3S/c1-28-24(19-9-6-10-20(15-19)30(32)33)26-27-25(28)34-16-23(31)29-21-11-4-2-7-17(21)13-14-18-8-3-5-12-22(18)29/h2-12,15H,13-14,16H2,1H3. The van der Waals surface area contributed by atoms with Gasteiger partial charge in [0.05, 0.1) is 22.1 Å². The molecule has 0 N–H and O–H groups in total. The molecule has 8 nitrogen and oxygen atoms in total. The van der Waals surface area contributed by atoms with Crippen LogP contribution in [0.1, 0.15) is 11.1 Å². The van der Waals surface area contributed by atoms with Crippen LogP contribution in [0.4, 0.5) is 17.1 Å². The zero-order valence-electron chi connectivity index (χ0n) is 18.4.